The monoisotopic (exact) mass is 377 g/mol. The number of aliphatic imine (C=N–C) groups is 1. The quantitative estimate of drug-likeness (QED) is 0.352. The Morgan fingerprint density at radius 2 is 2.26 bits per heavy atom. The molecule has 2 fully saturated rings. The molecular formula is C21H35N3O3. The van der Waals surface area contributed by atoms with Gasteiger partial charge >= 0.3 is 0 Å². The van der Waals surface area contributed by atoms with E-state index in [1.54, 1.807) is 6.26 Å². The van der Waals surface area contributed by atoms with Gasteiger partial charge in [-0.2, -0.15) is 0 Å². The number of hydrogen-bond donors (Lipinski definition) is 2. The molecule has 27 heavy (non-hydrogen) atoms. The first-order valence-corrected chi connectivity index (χ1v) is 10.5. The van der Waals surface area contributed by atoms with Gasteiger partial charge < -0.3 is 24.5 Å². The first-order valence-electron chi connectivity index (χ1n) is 10.5. The molecule has 0 aromatic carbocycles. The molecule has 1 aliphatic carbocycles. The smallest absolute Gasteiger partial charge is 0.191 e. The molecule has 6 heteroatoms. The van der Waals surface area contributed by atoms with Crippen LogP contribution in [-0.2, 0) is 15.9 Å². The van der Waals surface area contributed by atoms with Gasteiger partial charge in [-0.25, -0.2) is 0 Å². The van der Waals surface area contributed by atoms with Crippen LogP contribution in [0.25, 0.3) is 0 Å². The number of rotatable bonds is 11. The average Bonchev–Trinajstić information content (AvgIpc) is 3.27. The van der Waals surface area contributed by atoms with Crippen LogP contribution in [0.15, 0.2) is 27.8 Å². The van der Waals surface area contributed by atoms with E-state index in [0.29, 0.717) is 11.5 Å². The minimum Gasteiger partial charge on any atom is -0.469 e. The van der Waals surface area contributed by atoms with Crippen LogP contribution in [0.3, 0.4) is 0 Å². The molecule has 2 N–H and O–H groups in total. The van der Waals surface area contributed by atoms with E-state index in [2.05, 4.69) is 17.6 Å². The molecule has 1 aromatic heterocycles. The second-order valence-electron chi connectivity index (χ2n) is 7.74. The topological polar surface area (TPSA) is 68.0 Å². The van der Waals surface area contributed by atoms with E-state index in [1.165, 1.54) is 25.7 Å². The summed E-state index contributed by atoms with van der Waals surface area (Å²) < 4.78 is 16.8. The summed E-state index contributed by atoms with van der Waals surface area (Å²) in [7, 11) is 0. The molecule has 1 aliphatic heterocycles. The van der Waals surface area contributed by atoms with Gasteiger partial charge in [-0.05, 0) is 63.0 Å². The lowest BCUT2D eigenvalue weighted by molar-refractivity contribution is 0.0194. The summed E-state index contributed by atoms with van der Waals surface area (Å²) in [6.45, 7) is 7.05. The lowest BCUT2D eigenvalue weighted by Gasteiger charge is -2.24. The molecule has 0 spiro atoms. The highest BCUT2D eigenvalue weighted by molar-refractivity contribution is 5.79. The van der Waals surface area contributed by atoms with Crippen molar-refractivity contribution >= 4 is 5.96 Å². The standard InChI is InChI=1S/C21H35N3O3/c1-2-25-15-11-21(9-10-21)17-24-20(22-12-8-18-7-5-14-26-18)23-16-19-6-3-4-13-27-19/h5,7,14,19H,2-4,6,8-13,15-17H2,1H3,(H2,22,23,24). The van der Waals surface area contributed by atoms with Crippen molar-refractivity contribution in [3.63, 3.8) is 0 Å². The van der Waals surface area contributed by atoms with Crippen LogP contribution < -0.4 is 10.6 Å². The molecule has 0 bridgehead atoms. The van der Waals surface area contributed by atoms with E-state index in [0.717, 1.165) is 70.4 Å². The van der Waals surface area contributed by atoms with Gasteiger partial charge in [0.25, 0.3) is 0 Å². The maximum Gasteiger partial charge on any atom is 0.191 e. The minimum atomic E-state index is 0.295. The molecule has 2 heterocycles. The molecule has 152 valence electrons. The third-order valence-electron chi connectivity index (χ3n) is 5.53. The van der Waals surface area contributed by atoms with E-state index < -0.39 is 0 Å². The molecule has 3 rings (SSSR count). The van der Waals surface area contributed by atoms with Gasteiger partial charge in [0.05, 0.1) is 12.4 Å². The molecule has 6 nitrogen and oxygen atoms in total. The van der Waals surface area contributed by atoms with E-state index in [1.807, 2.05) is 12.1 Å². The van der Waals surface area contributed by atoms with Crippen LogP contribution in [0.2, 0.25) is 0 Å². The Labute approximate surface area is 163 Å². The highest BCUT2D eigenvalue weighted by Gasteiger charge is 2.41. The van der Waals surface area contributed by atoms with Crippen LogP contribution in [0.5, 0.6) is 0 Å². The first-order chi connectivity index (χ1) is 13.3. The third-order valence-corrected chi connectivity index (χ3v) is 5.53. The average molecular weight is 378 g/mol. The summed E-state index contributed by atoms with van der Waals surface area (Å²) in [5.41, 5.74) is 0.353. The van der Waals surface area contributed by atoms with Gasteiger partial charge in [-0.15, -0.1) is 0 Å². The maximum atomic E-state index is 5.84. The summed E-state index contributed by atoms with van der Waals surface area (Å²) in [6, 6.07) is 3.94. The van der Waals surface area contributed by atoms with Crippen molar-refractivity contribution in [2.24, 2.45) is 10.4 Å². The summed E-state index contributed by atoms with van der Waals surface area (Å²) in [4.78, 5) is 4.89. The third kappa shape index (κ3) is 7.18. The van der Waals surface area contributed by atoms with Crippen LogP contribution in [-0.4, -0.2) is 51.5 Å². The second-order valence-corrected chi connectivity index (χ2v) is 7.74. The van der Waals surface area contributed by atoms with E-state index in [-0.39, 0.29) is 0 Å². The molecule has 1 saturated carbocycles. The Morgan fingerprint density at radius 3 is 2.96 bits per heavy atom. The Bertz CT molecular complexity index is 549. The van der Waals surface area contributed by atoms with Crippen molar-refractivity contribution in [2.45, 2.75) is 58.0 Å². The van der Waals surface area contributed by atoms with Crippen molar-refractivity contribution in [2.75, 3.05) is 39.5 Å². The predicted octanol–water partition coefficient (Wildman–Crippen LogP) is 3.13. The fraction of sp³-hybridized carbons (Fsp3) is 0.762. The van der Waals surface area contributed by atoms with Gasteiger partial charge in [-0.3, -0.25) is 4.99 Å². The minimum absolute atomic E-state index is 0.295. The maximum absolute atomic E-state index is 5.84. The second kappa shape index (κ2) is 10.7. The van der Waals surface area contributed by atoms with E-state index in [4.69, 9.17) is 18.9 Å². The fourth-order valence-electron chi connectivity index (χ4n) is 3.46. The SMILES string of the molecule is CCOCCC1(CN=C(NCCc2ccco2)NCC2CCCCO2)CC1. The molecule has 1 aromatic rings. The molecule has 0 amide bonds. The Kier molecular flexibility index (Phi) is 8.02. The molecule has 0 radical (unpaired) electrons. The van der Waals surface area contributed by atoms with E-state index >= 15 is 0 Å². The Morgan fingerprint density at radius 1 is 1.33 bits per heavy atom. The molecule has 2 aliphatic rings. The van der Waals surface area contributed by atoms with Crippen LogP contribution in [0.1, 0.15) is 51.2 Å². The summed E-state index contributed by atoms with van der Waals surface area (Å²) in [6.07, 6.45) is 10.1. The summed E-state index contributed by atoms with van der Waals surface area (Å²) >= 11 is 0. The number of nitrogens with one attached hydrogen (secondary N) is 2. The lowest BCUT2D eigenvalue weighted by atomic mass is 10.0. The number of nitrogens with zero attached hydrogens (tertiary/aromatic N) is 1. The zero-order valence-electron chi connectivity index (χ0n) is 16.7. The van der Waals surface area contributed by atoms with E-state index in [9.17, 15) is 0 Å². The van der Waals surface area contributed by atoms with Crippen LogP contribution in [0.4, 0.5) is 0 Å². The van der Waals surface area contributed by atoms with Crippen molar-refractivity contribution < 1.29 is 13.9 Å². The Balaban J connectivity index is 1.47. The fourth-order valence-corrected chi connectivity index (χ4v) is 3.46. The van der Waals surface area contributed by atoms with Crippen molar-refractivity contribution in [1.82, 2.24) is 10.6 Å². The molecule has 1 saturated heterocycles. The summed E-state index contributed by atoms with van der Waals surface area (Å²) in [5.74, 6) is 1.88. The number of furan rings is 1. The first kappa shape index (κ1) is 20.2. The van der Waals surface area contributed by atoms with Crippen molar-refractivity contribution in [3.05, 3.63) is 24.2 Å². The zero-order chi connectivity index (χ0) is 18.8. The predicted molar refractivity (Wildman–Crippen MR) is 107 cm³/mol. The normalized spacial score (nSPS) is 21.8. The highest BCUT2D eigenvalue weighted by Crippen LogP contribution is 2.49. The Hall–Kier alpha value is -1.53. The molecule has 1 atom stereocenters. The molecular weight excluding hydrogens is 342 g/mol. The van der Waals surface area contributed by atoms with Crippen LogP contribution >= 0.6 is 0 Å². The van der Waals surface area contributed by atoms with Gasteiger partial charge in [0, 0.05) is 45.9 Å². The zero-order valence-corrected chi connectivity index (χ0v) is 16.7. The highest BCUT2D eigenvalue weighted by atomic mass is 16.5. The largest absolute Gasteiger partial charge is 0.469 e. The lowest BCUT2D eigenvalue weighted by Crippen LogP contribution is -2.43. The van der Waals surface area contributed by atoms with Crippen molar-refractivity contribution in [1.29, 1.82) is 0 Å². The molecule has 1 unspecified atom stereocenters. The number of ether oxygens (including phenoxy) is 2. The van der Waals surface area contributed by atoms with Gasteiger partial charge in [0.1, 0.15) is 5.76 Å². The van der Waals surface area contributed by atoms with Crippen LogP contribution in [0, 0.1) is 5.41 Å². The van der Waals surface area contributed by atoms with Gasteiger partial charge in [0.2, 0.25) is 0 Å². The van der Waals surface area contributed by atoms with Gasteiger partial charge in [-0.1, -0.05) is 0 Å². The van der Waals surface area contributed by atoms with Crippen molar-refractivity contribution in [3.8, 4) is 0 Å². The number of hydrogen-bond acceptors (Lipinski definition) is 4. The van der Waals surface area contributed by atoms with Gasteiger partial charge in [0.15, 0.2) is 5.96 Å². The summed E-state index contributed by atoms with van der Waals surface area (Å²) in [5, 5.41) is 6.95. The number of guanidine groups is 1.